The Balaban J connectivity index is 0.000000921. The number of likely N-dealkylation sites (tertiary alicyclic amines) is 1. The maximum atomic E-state index is 12.8. The molecular formula is C25H38N2O. The van der Waals surface area contributed by atoms with Crippen LogP contribution in [-0.2, 0) is 11.2 Å². The highest BCUT2D eigenvalue weighted by molar-refractivity contribution is 5.79. The molecule has 0 saturated carbocycles. The molecular weight excluding hydrogens is 344 g/mol. The monoisotopic (exact) mass is 382 g/mol. The summed E-state index contributed by atoms with van der Waals surface area (Å²) in [6.45, 7) is 11.2. The lowest BCUT2D eigenvalue weighted by atomic mass is 10.0. The third kappa shape index (κ3) is 7.47. The molecule has 1 aliphatic heterocycles. The lowest BCUT2D eigenvalue weighted by Gasteiger charge is -2.32. The SMILES string of the molecule is CC.CC.CN(C(=O)Cc1ccccc1)[C@H](CN1CCCC1)c1ccccc1. The molecule has 3 nitrogen and oxygen atoms in total. The van der Waals surface area contributed by atoms with Crippen LogP contribution in [0.25, 0.3) is 0 Å². The summed E-state index contributed by atoms with van der Waals surface area (Å²) in [5.74, 6) is 0.175. The molecule has 0 aliphatic carbocycles. The molecule has 3 rings (SSSR count). The van der Waals surface area contributed by atoms with Crippen molar-refractivity contribution >= 4 is 5.91 Å². The minimum absolute atomic E-state index is 0.112. The van der Waals surface area contributed by atoms with Crippen LogP contribution in [0.15, 0.2) is 60.7 Å². The summed E-state index contributed by atoms with van der Waals surface area (Å²) < 4.78 is 0. The number of carbonyl (C=O) groups excluding carboxylic acids is 1. The number of amides is 1. The first kappa shape index (κ1) is 23.9. The maximum Gasteiger partial charge on any atom is 0.227 e. The number of nitrogens with zero attached hydrogens (tertiary/aromatic N) is 2. The van der Waals surface area contributed by atoms with Gasteiger partial charge < -0.3 is 9.80 Å². The van der Waals surface area contributed by atoms with Gasteiger partial charge in [0, 0.05) is 13.6 Å². The van der Waals surface area contributed by atoms with Crippen molar-refractivity contribution in [1.82, 2.24) is 9.80 Å². The Hall–Kier alpha value is -2.13. The van der Waals surface area contributed by atoms with Crippen molar-refractivity contribution in [3.05, 3.63) is 71.8 Å². The average molecular weight is 383 g/mol. The van der Waals surface area contributed by atoms with Crippen molar-refractivity contribution in [3.8, 4) is 0 Å². The molecule has 1 aliphatic rings. The lowest BCUT2D eigenvalue weighted by molar-refractivity contribution is -0.131. The highest BCUT2D eigenvalue weighted by Crippen LogP contribution is 2.23. The van der Waals surface area contributed by atoms with E-state index in [2.05, 4.69) is 29.2 Å². The van der Waals surface area contributed by atoms with Gasteiger partial charge in [0.15, 0.2) is 0 Å². The number of hydrogen-bond acceptors (Lipinski definition) is 2. The van der Waals surface area contributed by atoms with E-state index in [1.54, 1.807) is 0 Å². The van der Waals surface area contributed by atoms with Gasteiger partial charge in [-0.05, 0) is 37.1 Å². The highest BCUT2D eigenvalue weighted by Gasteiger charge is 2.25. The minimum Gasteiger partial charge on any atom is -0.337 e. The summed E-state index contributed by atoms with van der Waals surface area (Å²) in [5, 5.41) is 0. The van der Waals surface area contributed by atoms with Crippen molar-refractivity contribution in [2.45, 2.75) is 53.0 Å². The van der Waals surface area contributed by atoms with Gasteiger partial charge in [-0.15, -0.1) is 0 Å². The van der Waals surface area contributed by atoms with Crippen molar-refractivity contribution in [1.29, 1.82) is 0 Å². The van der Waals surface area contributed by atoms with Crippen LogP contribution in [0.3, 0.4) is 0 Å². The van der Waals surface area contributed by atoms with Crippen LogP contribution < -0.4 is 0 Å². The van der Waals surface area contributed by atoms with Gasteiger partial charge in [0.05, 0.1) is 12.5 Å². The summed E-state index contributed by atoms with van der Waals surface area (Å²) in [7, 11) is 1.94. The second-order valence-electron chi connectivity index (χ2n) is 6.60. The van der Waals surface area contributed by atoms with E-state index in [0.717, 1.165) is 25.2 Å². The largest absolute Gasteiger partial charge is 0.337 e. The van der Waals surface area contributed by atoms with E-state index < -0.39 is 0 Å². The molecule has 0 N–H and O–H groups in total. The average Bonchev–Trinajstić information content (AvgIpc) is 3.29. The van der Waals surface area contributed by atoms with E-state index in [-0.39, 0.29) is 11.9 Å². The van der Waals surface area contributed by atoms with E-state index in [1.165, 1.54) is 18.4 Å². The van der Waals surface area contributed by atoms with Crippen molar-refractivity contribution < 1.29 is 4.79 Å². The lowest BCUT2D eigenvalue weighted by Crippen LogP contribution is -2.39. The van der Waals surface area contributed by atoms with Gasteiger partial charge in [0.25, 0.3) is 0 Å². The normalized spacial score (nSPS) is 14.2. The van der Waals surface area contributed by atoms with E-state index in [4.69, 9.17) is 0 Å². The predicted octanol–water partition coefficient (Wildman–Crippen LogP) is 5.58. The zero-order chi connectivity index (χ0) is 20.8. The van der Waals surface area contributed by atoms with E-state index in [1.807, 2.05) is 76.0 Å². The van der Waals surface area contributed by atoms with Gasteiger partial charge in [-0.3, -0.25) is 4.79 Å². The number of benzene rings is 2. The molecule has 154 valence electrons. The Morgan fingerprint density at radius 2 is 1.39 bits per heavy atom. The molecule has 2 aromatic carbocycles. The van der Waals surface area contributed by atoms with Gasteiger partial charge in [-0.25, -0.2) is 0 Å². The Labute approximate surface area is 172 Å². The third-order valence-electron chi connectivity index (χ3n) is 4.87. The Morgan fingerprint density at radius 3 is 1.93 bits per heavy atom. The molecule has 28 heavy (non-hydrogen) atoms. The maximum absolute atomic E-state index is 12.8. The van der Waals surface area contributed by atoms with E-state index >= 15 is 0 Å². The van der Waals surface area contributed by atoms with Crippen LogP contribution in [0.1, 0.15) is 57.7 Å². The molecule has 1 saturated heterocycles. The first-order valence-corrected chi connectivity index (χ1v) is 10.8. The van der Waals surface area contributed by atoms with Crippen LogP contribution in [0, 0.1) is 0 Å². The van der Waals surface area contributed by atoms with Crippen LogP contribution in [-0.4, -0.2) is 42.4 Å². The van der Waals surface area contributed by atoms with Crippen molar-refractivity contribution in [2.24, 2.45) is 0 Å². The number of carbonyl (C=O) groups is 1. The zero-order valence-corrected chi connectivity index (χ0v) is 18.4. The topological polar surface area (TPSA) is 23.6 Å². The first-order chi connectivity index (χ1) is 13.7. The molecule has 0 unspecified atom stereocenters. The smallest absolute Gasteiger partial charge is 0.227 e. The summed E-state index contributed by atoms with van der Waals surface area (Å²) in [6.07, 6.45) is 2.99. The van der Waals surface area contributed by atoms with Gasteiger partial charge in [-0.1, -0.05) is 88.4 Å². The van der Waals surface area contributed by atoms with Gasteiger partial charge >= 0.3 is 0 Å². The van der Waals surface area contributed by atoms with Crippen LogP contribution in [0.4, 0.5) is 0 Å². The highest BCUT2D eigenvalue weighted by atomic mass is 16.2. The molecule has 0 radical (unpaired) electrons. The fraction of sp³-hybridized carbons (Fsp3) is 0.480. The molecule has 3 heteroatoms. The summed E-state index contributed by atoms with van der Waals surface area (Å²) >= 11 is 0. The molecule has 1 atom stereocenters. The minimum atomic E-state index is 0.112. The molecule has 1 amide bonds. The number of rotatable bonds is 6. The molecule has 1 fully saturated rings. The van der Waals surface area contributed by atoms with E-state index in [0.29, 0.717) is 6.42 Å². The summed E-state index contributed by atoms with van der Waals surface area (Å²) in [6, 6.07) is 20.5. The molecule has 0 aromatic heterocycles. The second-order valence-corrected chi connectivity index (χ2v) is 6.60. The van der Waals surface area contributed by atoms with Crippen LogP contribution in [0.2, 0.25) is 0 Å². The van der Waals surface area contributed by atoms with Gasteiger partial charge in [0.2, 0.25) is 5.91 Å². The third-order valence-corrected chi connectivity index (χ3v) is 4.87. The number of hydrogen-bond donors (Lipinski definition) is 0. The zero-order valence-electron chi connectivity index (χ0n) is 18.4. The molecule has 1 heterocycles. The van der Waals surface area contributed by atoms with Gasteiger partial charge in [-0.2, -0.15) is 0 Å². The quantitative estimate of drug-likeness (QED) is 0.651. The van der Waals surface area contributed by atoms with Crippen LogP contribution in [0.5, 0.6) is 0 Å². The predicted molar refractivity (Wildman–Crippen MR) is 120 cm³/mol. The Bertz CT molecular complexity index is 636. The van der Waals surface area contributed by atoms with Crippen LogP contribution >= 0.6 is 0 Å². The molecule has 0 spiro atoms. The summed E-state index contributed by atoms with van der Waals surface area (Å²) in [4.78, 5) is 17.2. The fourth-order valence-electron chi connectivity index (χ4n) is 3.41. The van der Waals surface area contributed by atoms with Gasteiger partial charge in [0.1, 0.15) is 0 Å². The number of likely N-dealkylation sites (N-methyl/N-ethyl adjacent to an activating group) is 1. The molecule has 0 bridgehead atoms. The first-order valence-electron chi connectivity index (χ1n) is 10.8. The molecule has 2 aromatic rings. The van der Waals surface area contributed by atoms with Crippen molar-refractivity contribution in [2.75, 3.05) is 26.7 Å². The summed E-state index contributed by atoms with van der Waals surface area (Å²) in [5.41, 5.74) is 2.29. The Kier molecular flexibility index (Phi) is 11.9. The second kappa shape index (κ2) is 14.0. The van der Waals surface area contributed by atoms with Crippen molar-refractivity contribution in [3.63, 3.8) is 0 Å². The standard InChI is InChI=1S/C21H26N2O.2C2H6/c1-22(21(24)16-18-10-4-2-5-11-18)20(17-23-14-8-9-15-23)19-12-6-3-7-13-19;2*1-2/h2-7,10-13,20H,8-9,14-17H2,1H3;2*1-2H3/t20-;;/m1../s1. The Morgan fingerprint density at radius 1 is 0.893 bits per heavy atom. The van der Waals surface area contributed by atoms with E-state index in [9.17, 15) is 4.79 Å². The fourth-order valence-corrected chi connectivity index (χ4v) is 3.41.